The maximum atomic E-state index is 13.0. The zero-order valence-electron chi connectivity index (χ0n) is 13.9. The number of rotatable bonds is 3. The molecule has 25 heavy (non-hydrogen) atoms. The second kappa shape index (κ2) is 6.29. The summed E-state index contributed by atoms with van der Waals surface area (Å²) in [5, 5.41) is 20.8. The van der Waals surface area contributed by atoms with E-state index in [-0.39, 0.29) is 12.5 Å². The zero-order valence-corrected chi connectivity index (χ0v) is 13.9. The van der Waals surface area contributed by atoms with Gasteiger partial charge < -0.3 is 10.0 Å². The number of aromatic amines is 1. The van der Waals surface area contributed by atoms with E-state index in [1.807, 2.05) is 35.2 Å². The van der Waals surface area contributed by atoms with Crippen molar-refractivity contribution in [3.63, 3.8) is 0 Å². The van der Waals surface area contributed by atoms with Gasteiger partial charge in [-0.05, 0) is 36.6 Å². The first-order valence-electron chi connectivity index (χ1n) is 8.48. The Morgan fingerprint density at radius 2 is 1.96 bits per heavy atom. The van der Waals surface area contributed by atoms with Gasteiger partial charge in [0.1, 0.15) is 11.0 Å². The van der Waals surface area contributed by atoms with Crippen molar-refractivity contribution >= 4 is 16.9 Å². The first-order valence-corrected chi connectivity index (χ1v) is 8.48. The second-order valence-corrected chi connectivity index (χ2v) is 6.66. The number of amides is 1. The zero-order chi connectivity index (χ0) is 17.3. The number of aliphatic hydroxyl groups is 1. The van der Waals surface area contributed by atoms with Crippen LogP contribution in [0.3, 0.4) is 0 Å². The molecular weight excluding hydrogens is 316 g/mol. The Kier molecular flexibility index (Phi) is 3.97. The lowest BCUT2D eigenvalue weighted by molar-refractivity contribution is 0.0543. The smallest absolute Gasteiger partial charge is 0.253 e. The molecule has 0 radical (unpaired) electrons. The van der Waals surface area contributed by atoms with Crippen molar-refractivity contribution in [1.82, 2.24) is 20.3 Å². The third-order valence-corrected chi connectivity index (χ3v) is 5.12. The number of likely N-dealkylation sites (tertiary alicyclic amines) is 1. The van der Waals surface area contributed by atoms with E-state index >= 15 is 0 Å². The molecule has 1 aromatic heterocycles. The van der Waals surface area contributed by atoms with E-state index in [0.717, 1.165) is 23.9 Å². The molecule has 1 amide bonds. The van der Waals surface area contributed by atoms with Crippen LogP contribution in [0.15, 0.2) is 48.5 Å². The number of hydrogen-bond donors (Lipinski definition) is 2. The predicted molar refractivity (Wildman–Crippen MR) is 94.2 cm³/mol. The Labute approximate surface area is 145 Å². The number of H-pyrrole nitrogens is 1. The third-order valence-electron chi connectivity index (χ3n) is 5.12. The molecule has 6 heteroatoms. The Hall–Kier alpha value is -2.73. The van der Waals surface area contributed by atoms with E-state index in [1.165, 1.54) is 0 Å². The van der Waals surface area contributed by atoms with Crippen LogP contribution in [0.4, 0.5) is 0 Å². The van der Waals surface area contributed by atoms with E-state index in [2.05, 4.69) is 15.4 Å². The average molecular weight is 336 g/mol. The number of aromatic nitrogens is 3. The van der Waals surface area contributed by atoms with Crippen LogP contribution in [0, 0.1) is 0 Å². The Balaban J connectivity index is 1.62. The highest BCUT2D eigenvalue weighted by Crippen LogP contribution is 2.34. The topological polar surface area (TPSA) is 82.1 Å². The number of piperidine rings is 1. The van der Waals surface area contributed by atoms with Gasteiger partial charge in [0.15, 0.2) is 0 Å². The summed E-state index contributed by atoms with van der Waals surface area (Å²) in [6, 6.07) is 15.3. The largest absolute Gasteiger partial charge is 0.395 e. The van der Waals surface area contributed by atoms with Crippen molar-refractivity contribution < 1.29 is 9.90 Å². The predicted octanol–water partition coefficient (Wildman–Crippen LogP) is 2.12. The summed E-state index contributed by atoms with van der Waals surface area (Å²) in [6.45, 7) is 1.25. The van der Waals surface area contributed by atoms with E-state index in [4.69, 9.17) is 0 Å². The van der Waals surface area contributed by atoms with Crippen molar-refractivity contribution in [2.24, 2.45) is 0 Å². The van der Waals surface area contributed by atoms with Crippen molar-refractivity contribution in [3.8, 4) is 0 Å². The summed E-state index contributed by atoms with van der Waals surface area (Å²) in [7, 11) is 0. The highest BCUT2D eigenvalue weighted by atomic mass is 16.3. The maximum Gasteiger partial charge on any atom is 0.253 e. The monoisotopic (exact) mass is 336 g/mol. The molecule has 2 aromatic carbocycles. The standard InChI is InChI=1S/C19H20N4O2/c24-13-19(15-5-2-1-3-6-15)9-4-10-23(12-19)18(25)14-7-8-16-17(11-14)21-22-20-16/h1-3,5-8,11,24H,4,9-10,12-13H2,(H,20,21,22). The molecule has 1 saturated heterocycles. The summed E-state index contributed by atoms with van der Waals surface area (Å²) in [5.74, 6) is -0.0293. The van der Waals surface area contributed by atoms with E-state index < -0.39 is 5.41 Å². The van der Waals surface area contributed by atoms with Crippen molar-refractivity contribution in [3.05, 3.63) is 59.7 Å². The van der Waals surface area contributed by atoms with Gasteiger partial charge in [0, 0.05) is 24.1 Å². The molecule has 1 aliphatic rings. The summed E-state index contributed by atoms with van der Waals surface area (Å²) in [4.78, 5) is 14.8. The molecule has 0 bridgehead atoms. The van der Waals surface area contributed by atoms with Gasteiger partial charge in [0.25, 0.3) is 5.91 Å². The minimum atomic E-state index is -0.396. The Morgan fingerprint density at radius 3 is 2.76 bits per heavy atom. The van der Waals surface area contributed by atoms with E-state index in [1.54, 1.807) is 18.2 Å². The van der Waals surface area contributed by atoms with Crippen molar-refractivity contribution in [1.29, 1.82) is 0 Å². The quantitative estimate of drug-likeness (QED) is 0.767. The summed E-state index contributed by atoms with van der Waals surface area (Å²) >= 11 is 0. The van der Waals surface area contributed by atoms with Crippen LogP contribution in [0.2, 0.25) is 0 Å². The minimum absolute atomic E-state index is 0.0293. The van der Waals surface area contributed by atoms with Crippen LogP contribution in [-0.4, -0.2) is 51.0 Å². The maximum absolute atomic E-state index is 13.0. The number of fused-ring (bicyclic) bond motifs is 1. The fourth-order valence-electron chi connectivity index (χ4n) is 3.71. The number of carbonyl (C=O) groups excluding carboxylic acids is 1. The van der Waals surface area contributed by atoms with Gasteiger partial charge in [-0.1, -0.05) is 30.3 Å². The van der Waals surface area contributed by atoms with Gasteiger partial charge in [0.05, 0.1) is 6.61 Å². The van der Waals surface area contributed by atoms with Crippen LogP contribution >= 0.6 is 0 Å². The first kappa shape index (κ1) is 15.8. The molecular formula is C19H20N4O2. The molecule has 1 atom stereocenters. The number of nitrogens with one attached hydrogen (secondary N) is 1. The van der Waals surface area contributed by atoms with Crippen LogP contribution < -0.4 is 0 Å². The van der Waals surface area contributed by atoms with Gasteiger partial charge in [-0.25, -0.2) is 0 Å². The van der Waals surface area contributed by atoms with E-state index in [9.17, 15) is 9.90 Å². The number of aliphatic hydroxyl groups excluding tert-OH is 1. The third kappa shape index (κ3) is 2.78. The number of hydrogen-bond acceptors (Lipinski definition) is 4. The normalized spacial score (nSPS) is 20.8. The molecule has 1 fully saturated rings. The molecule has 0 saturated carbocycles. The first-order chi connectivity index (χ1) is 12.2. The molecule has 2 N–H and O–H groups in total. The molecule has 1 unspecified atom stereocenters. The SMILES string of the molecule is O=C(c1ccc2n[nH]nc2c1)N1CCCC(CO)(c2ccccc2)C1. The van der Waals surface area contributed by atoms with Crippen LogP contribution in [0.5, 0.6) is 0 Å². The summed E-state index contributed by atoms with van der Waals surface area (Å²) in [5.41, 5.74) is 2.71. The highest BCUT2D eigenvalue weighted by Gasteiger charge is 2.38. The van der Waals surface area contributed by atoms with Crippen LogP contribution in [0.1, 0.15) is 28.8 Å². The lowest BCUT2D eigenvalue weighted by Gasteiger charge is -2.42. The molecule has 3 aromatic rings. The minimum Gasteiger partial charge on any atom is -0.395 e. The van der Waals surface area contributed by atoms with Gasteiger partial charge >= 0.3 is 0 Å². The second-order valence-electron chi connectivity index (χ2n) is 6.66. The van der Waals surface area contributed by atoms with Crippen LogP contribution in [0.25, 0.3) is 11.0 Å². The summed E-state index contributed by atoms with van der Waals surface area (Å²) < 4.78 is 0. The fraction of sp³-hybridized carbons (Fsp3) is 0.316. The van der Waals surface area contributed by atoms with Gasteiger partial charge in [-0.15, -0.1) is 0 Å². The number of benzene rings is 2. The lowest BCUT2D eigenvalue weighted by atomic mass is 9.74. The molecule has 1 aliphatic heterocycles. The van der Waals surface area contributed by atoms with Crippen molar-refractivity contribution in [2.75, 3.05) is 19.7 Å². The van der Waals surface area contributed by atoms with Gasteiger partial charge in [-0.2, -0.15) is 15.4 Å². The molecule has 2 heterocycles. The molecule has 0 aliphatic carbocycles. The number of nitrogens with zero attached hydrogens (tertiary/aromatic N) is 3. The van der Waals surface area contributed by atoms with Gasteiger partial charge in [0.2, 0.25) is 0 Å². The Bertz CT molecular complexity index is 893. The molecule has 6 nitrogen and oxygen atoms in total. The van der Waals surface area contributed by atoms with Gasteiger partial charge in [-0.3, -0.25) is 4.79 Å². The van der Waals surface area contributed by atoms with Crippen LogP contribution in [-0.2, 0) is 5.41 Å². The average Bonchev–Trinajstić information content (AvgIpc) is 3.16. The Morgan fingerprint density at radius 1 is 1.16 bits per heavy atom. The molecule has 4 rings (SSSR count). The number of carbonyl (C=O) groups is 1. The summed E-state index contributed by atoms with van der Waals surface area (Å²) in [6.07, 6.45) is 1.74. The molecule has 0 spiro atoms. The lowest BCUT2D eigenvalue weighted by Crippen LogP contribution is -2.50. The highest BCUT2D eigenvalue weighted by molar-refractivity contribution is 5.97. The fourth-order valence-corrected chi connectivity index (χ4v) is 3.71. The molecule has 128 valence electrons. The van der Waals surface area contributed by atoms with E-state index in [0.29, 0.717) is 24.2 Å². The van der Waals surface area contributed by atoms with Crippen molar-refractivity contribution in [2.45, 2.75) is 18.3 Å².